The van der Waals surface area contributed by atoms with Crippen molar-refractivity contribution < 1.29 is 9.59 Å². The number of aromatic nitrogens is 4. The molecule has 0 radical (unpaired) electrons. The Bertz CT molecular complexity index is 1410. The molecular weight excluding hydrogens is 448 g/mol. The van der Waals surface area contributed by atoms with Gasteiger partial charge in [0.15, 0.2) is 5.16 Å². The van der Waals surface area contributed by atoms with Crippen molar-refractivity contribution >= 4 is 46.6 Å². The molecule has 3 aromatic carbocycles. The number of fused-ring (bicyclic) bond motifs is 3. The fraction of sp³-hybridized carbons (Fsp3) is 0.120. The molecule has 5 rings (SSSR count). The van der Waals surface area contributed by atoms with Gasteiger partial charge in [0.1, 0.15) is 0 Å². The number of amides is 2. The number of thioether (sulfide) groups is 1. The Kier molecular flexibility index (Phi) is 7.24. The van der Waals surface area contributed by atoms with Crippen LogP contribution in [0.1, 0.15) is 0 Å². The highest BCUT2D eigenvalue weighted by atomic mass is 32.2. The number of rotatable bonds is 6. The van der Waals surface area contributed by atoms with E-state index in [1.165, 1.54) is 16.7 Å². The van der Waals surface area contributed by atoms with Crippen LogP contribution in [-0.4, -0.2) is 56.6 Å². The lowest BCUT2D eigenvalue weighted by Crippen LogP contribution is -2.15. The van der Waals surface area contributed by atoms with Crippen LogP contribution in [0.2, 0.25) is 0 Å². The first kappa shape index (κ1) is 23.1. The Balaban J connectivity index is 0.000000499. The minimum absolute atomic E-state index is 0.0843. The van der Waals surface area contributed by atoms with Gasteiger partial charge in [-0.15, -0.1) is 5.10 Å². The number of carbonyl (C=O) groups excluding carboxylic acids is 2. The maximum Gasteiger partial charge on any atom is 0.234 e. The lowest BCUT2D eigenvalue weighted by atomic mass is 10.0. The van der Waals surface area contributed by atoms with Crippen LogP contribution in [0, 0.1) is 0 Å². The Morgan fingerprint density at radius 3 is 2.47 bits per heavy atom. The number of H-pyrrole nitrogens is 1. The molecule has 0 aliphatic rings. The summed E-state index contributed by atoms with van der Waals surface area (Å²) in [5, 5.41) is 11.0. The van der Waals surface area contributed by atoms with E-state index in [9.17, 15) is 9.59 Å². The van der Waals surface area contributed by atoms with Gasteiger partial charge in [-0.05, 0) is 23.8 Å². The van der Waals surface area contributed by atoms with Gasteiger partial charge in [-0.3, -0.25) is 14.0 Å². The highest BCUT2D eigenvalue weighted by Crippen LogP contribution is 2.28. The van der Waals surface area contributed by atoms with Crippen molar-refractivity contribution in [2.75, 3.05) is 25.2 Å². The van der Waals surface area contributed by atoms with E-state index in [0.717, 1.165) is 34.3 Å². The molecule has 0 bridgehead atoms. The average Bonchev–Trinajstić information content (AvgIpc) is 3.43. The van der Waals surface area contributed by atoms with E-state index in [1.807, 2.05) is 83.3 Å². The highest BCUT2D eigenvalue weighted by Gasteiger charge is 2.14. The average molecular weight is 473 g/mol. The van der Waals surface area contributed by atoms with Gasteiger partial charge in [0.2, 0.25) is 18.1 Å². The van der Waals surface area contributed by atoms with Gasteiger partial charge in [-0.1, -0.05) is 72.4 Å². The van der Waals surface area contributed by atoms with Gasteiger partial charge in [0, 0.05) is 25.3 Å². The molecular formula is C25H24N6O2S. The van der Waals surface area contributed by atoms with Crippen molar-refractivity contribution in [1.82, 2.24) is 24.5 Å². The predicted octanol–water partition coefficient (Wildman–Crippen LogP) is 4.31. The first-order valence-corrected chi connectivity index (χ1v) is 11.6. The van der Waals surface area contributed by atoms with E-state index < -0.39 is 0 Å². The summed E-state index contributed by atoms with van der Waals surface area (Å²) in [5.74, 6) is 0.831. The lowest BCUT2D eigenvalue weighted by Gasteiger charge is -2.11. The molecule has 0 aliphatic carbocycles. The molecule has 8 nitrogen and oxygen atoms in total. The molecule has 5 aromatic rings. The van der Waals surface area contributed by atoms with Gasteiger partial charge in [0.05, 0.1) is 16.8 Å². The lowest BCUT2D eigenvalue weighted by molar-refractivity contribution is -0.116. The first-order valence-electron chi connectivity index (χ1n) is 10.6. The number of anilines is 1. The van der Waals surface area contributed by atoms with E-state index >= 15 is 0 Å². The normalized spacial score (nSPS) is 10.5. The number of hydrogen-bond acceptors (Lipinski definition) is 5. The number of aromatic amines is 1. The van der Waals surface area contributed by atoms with E-state index in [1.54, 1.807) is 14.1 Å². The van der Waals surface area contributed by atoms with Gasteiger partial charge >= 0.3 is 0 Å². The first-order chi connectivity index (χ1) is 16.6. The Labute approximate surface area is 201 Å². The van der Waals surface area contributed by atoms with Crippen LogP contribution >= 0.6 is 11.8 Å². The number of carbonyl (C=O) groups is 2. The number of para-hydroxylation sites is 3. The van der Waals surface area contributed by atoms with Crippen LogP contribution in [0.3, 0.4) is 0 Å². The van der Waals surface area contributed by atoms with E-state index in [4.69, 9.17) is 0 Å². The van der Waals surface area contributed by atoms with Crippen LogP contribution in [0.4, 0.5) is 5.69 Å². The van der Waals surface area contributed by atoms with Crippen LogP contribution in [0.25, 0.3) is 27.9 Å². The standard InChI is InChI=1S/C22H17N5OS.C3H7NO/c28-20(23-17-11-5-4-10-16(17)15-8-2-1-3-9-15)14-29-22-26-25-21-24-18-12-6-7-13-19(18)27(21)22;1-4(2)3-5/h1-13H,14H2,(H,23,28)(H,24,25);3H,1-2H3. The van der Waals surface area contributed by atoms with Crippen molar-refractivity contribution in [3.8, 4) is 11.1 Å². The summed E-state index contributed by atoms with van der Waals surface area (Å²) in [4.78, 5) is 28.0. The maximum absolute atomic E-state index is 12.6. The molecule has 2 amide bonds. The van der Waals surface area contributed by atoms with Crippen molar-refractivity contribution in [3.05, 3.63) is 78.9 Å². The molecule has 0 saturated heterocycles. The molecule has 0 fully saturated rings. The molecule has 172 valence electrons. The smallest absolute Gasteiger partial charge is 0.234 e. The number of nitrogens with zero attached hydrogens (tertiary/aromatic N) is 4. The maximum atomic E-state index is 12.6. The Hall–Kier alpha value is -4.11. The third kappa shape index (κ3) is 5.26. The molecule has 0 saturated carbocycles. The van der Waals surface area contributed by atoms with Crippen LogP contribution in [-0.2, 0) is 9.59 Å². The zero-order valence-corrected chi connectivity index (χ0v) is 19.6. The largest absolute Gasteiger partial charge is 0.351 e. The van der Waals surface area contributed by atoms with Crippen molar-refractivity contribution in [2.45, 2.75) is 5.16 Å². The minimum atomic E-state index is -0.0843. The summed E-state index contributed by atoms with van der Waals surface area (Å²) in [7, 11) is 3.38. The van der Waals surface area contributed by atoms with Gasteiger partial charge < -0.3 is 10.2 Å². The quantitative estimate of drug-likeness (QED) is 0.284. The van der Waals surface area contributed by atoms with Crippen molar-refractivity contribution in [3.63, 3.8) is 0 Å². The fourth-order valence-electron chi connectivity index (χ4n) is 3.32. The van der Waals surface area contributed by atoms with E-state index in [-0.39, 0.29) is 11.7 Å². The Morgan fingerprint density at radius 2 is 1.71 bits per heavy atom. The molecule has 2 aromatic heterocycles. The number of imidazole rings is 1. The van der Waals surface area contributed by atoms with Gasteiger partial charge in [0.25, 0.3) is 0 Å². The summed E-state index contributed by atoms with van der Waals surface area (Å²) >= 11 is 1.37. The zero-order valence-electron chi connectivity index (χ0n) is 18.8. The molecule has 2 heterocycles. The van der Waals surface area contributed by atoms with Crippen molar-refractivity contribution in [2.24, 2.45) is 0 Å². The second-order valence-electron chi connectivity index (χ2n) is 7.58. The third-order valence-electron chi connectivity index (χ3n) is 4.83. The molecule has 34 heavy (non-hydrogen) atoms. The summed E-state index contributed by atoms with van der Waals surface area (Å²) in [6.45, 7) is 0. The topological polar surface area (TPSA) is 95.4 Å². The monoisotopic (exact) mass is 472 g/mol. The van der Waals surface area contributed by atoms with E-state index in [2.05, 4.69) is 20.5 Å². The molecule has 2 N–H and O–H groups in total. The van der Waals surface area contributed by atoms with Crippen LogP contribution < -0.4 is 5.32 Å². The number of nitrogens with one attached hydrogen (secondary N) is 2. The summed E-state index contributed by atoms with van der Waals surface area (Å²) in [6.07, 6.45) is 0.750. The number of hydrogen-bond donors (Lipinski definition) is 2. The highest BCUT2D eigenvalue weighted by molar-refractivity contribution is 7.99. The van der Waals surface area contributed by atoms with E-state index in [0.29, 0.717) is 10.9 Å². The van der Waals surface area contributed by atoms with Crippen LogP contribution in [0.15, 0.2) is 84.0 Å². The van der Waals surface area contributed by atoms with Gasteiger partial charge in [-0.25, -0.2) is 10.1 Å². The summed E-state index contributed by atoms with van der Waals surface area (Å²) in [6, 6.07) is 25.7. The zero-order chi connectivity index (χ0) is 23.9. The predicted molar refractivity (Wildman–Crippen MR) is 136 cm³/mol. The van der Waals surface area contributed by atoms with Gasteiger partial charge in [-0.2, -0.15) is 0 Å². The number of benzene rings is 3. The Morgan fingerprint density at radius 1 is 1.03 bits per heavy atom. The summed E-state index contributed by atoms with van der Waals surface area (Å²) < 4.78 is 1.94. The molecule has 0 aliphatic heterocycles. The minimum Gasteiger partial charge on any atom is -0.351 e. The second-order valence-corrected chi connectivity index (χ2v) is 8.53. The molecule has 0 atom stereocenters. The van der Waals surface area contributed by atoms with Crippen molar-refractivity contribution in [1.29, 1.82) is 0 Å². The molecule has 0 spiro atoms. The fourth-order valence-corrected chi connectivity index (χ4v) is 4.07. The molecule has 9 heteroatoms. The molecule has 0 unspecified atom stereocenters. The SMILES string of the molecule is CN(C)C=O.O=C(CSc1n[nH]c2nc3ccccc3n12)Nc1ccccc1-c1ccccc1. The second kappa shape index (κ2) is 10.7. The summed E-state index contributed by atoms with van der Waals surface area (Å²) in [5.41, 5.74) is 4.71. The third-order valence-corrected chi connectivity index (χ3v) is 5.77. The van der Waals surface area contributed by atoms with Crippen LogP contribution in [0.5, 0.6) is 0 Å².